The molecule has 0 saturated carbocycles. The molecule has 3 heteroatoms. The molecular weight excluding hydrogens is 202 g/mol. The average molecular weight is 217 g/mol. The van der Waals surface area contributed by atoms with Gasteiger partial charge in [0.1, 0.15) is 0 Å². The Morgan fingerprint density at radius 2 is 1.88 bits per heavy atom. The van der Waals surface area contributed by atoms with E-state index in [1.165, 1.54) is 0 Å². The number of hydrogen-bond donors (Lipinski definition) is 2. The lowest BCUT2D eigenvalue weighted by Crippen LogP contribution is -2.20. The van der Waals surface area contributed by atoms with E-state index < -0.39 is 0 Å². The third-order valence-corrected chi connectivity index (χ3v) is 2.37. The third-order valence-electron chi connectivity index (χ3n) is 2.37. The van der Waals surface area contributed by atoms with E-state index in [4.69, 9.17) is 9.94 Å². The predicted molar refractivity (Wildman–Crippen MR) is 64.3 cm³/mol. The number of benzene rings is 2. The number of hydroxylamine groups is 1. The summed E-state index contributed by atoms with van der Waals surface area (Å²) in [6.45, 7) is 0.811. The van der Waals surface area contributed by atoms with Crippen molar-refractivity contribution in [2.45, 2.75) is 6.42 Å². The van der Waals surface area contributed by atoms with Crippen molar-refractivity contribution >= 4 is 10.8 Å². The SMILES string of the molecule is OCCCNOc1cccc2ccccc12. The molecular formula is C13H15NO2. The van der Waals surface area contributed by atoms with E-state index in [1.54, 1.807) is 0 Å². The molecule has 0 bridgehead atoms. The maximum atomic E-state index is 8.64. The number of rotatable bonds is 5. The van der Waals surface area contributed by atoms with Gasteiger partial charge in [-0.25, -0.2) is 0 Å². The van der Waals surface area contributed by atoms with Gasteiger partial charge in [0.2, 0.25) is 0 Å². The quantitative estimate of drug-likeness (QED) is 0.595. The predicted octanol–water partition coefficient (Wildman–Crippen LogP) is 2.11. The second-order valence-corrected chi connectivity index (χ2v) is 3.55. The molecule has 0 aromatic heterocycles. The first-order chi connectivity index (χ1) is 7.92. The summed E-state index contributed by atoms with van der Waals surface area (Å²) in [7, 11) is 0. The molecule has 0 saturated heterocycles. The summed E-state index contributed by atoms with van der Waals surface area (Å²) < 4.78 is 0. The molecule has 2 N–H and O–H groups in total. The average Bonchev–Trinajstić information content (AvgIpc) is 2.35. The fraction of sp³-hybridized carbons (Fsp3) is 0.231. The van der Waals surface area contributed by atoms with Crippen LogP contribution >= 0.6 is 0 Å². The summed E-state index contributed by atoms with van der Waals surface area (Å²) in [6.07, 6.45) is 0.685. The van der Waals surface area contributed by atoms with Crippen LogP contribution < -0.4 is 10.3 Å². The highest BCUT2D eigenvalue weighted by Gasteiger charge is 2.00. The van der Waals surface area contributed by atoms with Crippen molar-refractivity contribution < 1.29 is 9.94 Å². The van der Waals surface area contributed by atoms with Gasteiger partial charge in [-0.1, -0.05) is 36.4 Å². The van der Waals surface area contributed by atoms with Crippen molar-refractivity contribution in [1.29, 1.82) is 0 Å². The number of aliphatic hydroxyl groups is 1. The molecule has 0 aliphatic rings. The van der Waals surface area contributed by atoms with Crippen LogP contribution in [0.3, 0.4) is 0 Å². The number of fused-ring (bicyclic) bond motifs is 1. The normalized spacial score (nSPS) is 10.6. The Morgan fingerprint density at radius 1 is 1.06 bits per heavy atom. The van der Waals surface area contributed by atoms with E-state index in [-0.39, 0.29) is 6.61 Å². The summed E-state index contributed by atoms with van der Waals surface area (Å²) in [5, 5.41) is 10.9. The van der Waals surface area contributed by atoms with E-state index >= 15 is 0 Å². The van der Waals surface area contributed by atoms with Gasteiger partial charge in [0.25, 0.3) is 0 Å². The van der Waals surface area contributed by atoms with Crippen molar-refractivity contribution in [2.24, 2.45) is 0 Å². The lowest BCUT2D eigenvalue weighted by atomic mass is 10.1. The van der Waals surface area contributed by atoms with Crippen molar-refractivity contribution in [3.8, 4) is 5.75 Å². The Labute approximate surface area is 94.6 Å². The van der Waals surface area contributed by atoms with Crippen LogP contribution in [-0.2, 0) is 0 Å². The van der Waals surface area contributed by atoms with Crippen molar-refractivity contribution in [2.75, 3.05) is 13.2 Å². The van der Waals surface area contributed by atoms with E-state index in [0.29, 0.717) is 13.0 Å². The first-order valence-electron chi connectivity index (χ1n) is 5.40. The van der Waals surface area contributed by atoms with E-state index in [1.807, 2.05) is 30.3 Å². The van der Waals surface area contributed by atoms with Crippen molar-refractivity contribution in [1.82, 2.24) is 5.48 Å². The first-order valence-corrected chi connectivity index (χ1v) is 5.40. The largest absolute Gasteiger partial charge is 0.408 e. The molecule has 16 heavy (non-hydrogen) atoms. The fourth-order valence-electron chi connectivity index (χ4n) is 1.56. The molecule has 0 amide bonds. The van der Waals surface area contributed by atoms with Crippen LogP contribution in [0.25, 0.3) is 10.8 Å². The molecule has 0 aliphatic carbocycles. The maximum Gasteiger partial charge on any atom is 0.154 e. The molecule has 3 nitrogen and oxygen atoms in total. The van der Waals surface area contributed by atoms with Gasteiger partial charge in [0, 0.05) is 18.5 Å². The third kappa shape index (κ3) is 2.51. The molecule has 84 valence electrons. The van der Waals surface area contributed by atoms with E-state index in [2.05, 4.69) is 17.6 Å². The topological polar surface area (TPSA) is 41.5 Å². The zero-order chi connectivity index (χ0) is 11.2. The van der Waals surface area contributed by atoms with Gasteiger partial charge in [0.05, 0.1) is 0 Å². The van der Waals surface area contributed by atoms with E-state index in [0.717, 1.165) is 16.5 Å². The molecule has 0 aliphatic heterocycles. The second kappa shape index (κ2) is 5.49. The molecule has 0 spiro atoms. The molecule has 0 unspecified atom stereocenters. The Bertz CT molecular complexity index is 451. The second-order valence-electron chi connectivity index (χ2n) is 3.55. The Balaban J connectivity index is 2.11. The highest BCUT2D eigenvalue weighted by Crippen LogP contribution is 2.24. The van der Waals surface area contributed by atoms with Crippen LogP contribution in [-0.4, -0.2) is 18.3 Å². The minimum Gasteiger partial charge on any atom is -0.408 e. The first kappa shape index (κ1) is 10.9. The summed E-state index contributed by atoms with van der Waals surface area (Å²) >= 11 is 0. The lowest BCUT2D eigenvalue weighted by Gasteiger charge is -2.08. The van der Waals surface area contributed by atoms with Crippen molar-refractivity contribution in [3.05, 3.63) is 42.5 Å². The number of hydrogen-bond acceptors (Lipinski definition) is 3. The monoisotopic (exact) mass is 217 g/mol. The molecule has 0 radical (unpaired) electrons. The van der Waals surface area contributed by atoms with Crippen LogP contribution in [0.2, 0.25) is 0 Å². The summed E-state index contributed by atoms with van der Waals surface area (Å²) in [5.41, 5.74) is 2.83. The summed E-state index contributed by atoms with van der Waals surface area (Å²) in [4.78, 5) is 5.46. The molecule has 0 fully saturated rings. The van der Waals surface area contributed by atoms with Gasteiger partial charge in [-0.15, -0.1) is 0 Å². The Hall–Kier alpha value is -1.58. The standard InChI is InChI=1S/C13H15NO2/c15-10-4-9-14-16-13-8-3-6-11-5-1-2-7-12(11)13/h1-3,5-8,14-15H,4,9-10H2. The highest BCUT2D eigenvalue weighted by molar-refractivity contribution is 5.88. The van der Waals surface area contributed by atoms with Gasteiger partial charge in [-0.05, 0) is 17.9 Å². The number of nitrogens with one attached hydrogen (secondary N) is 1. The zero-order valence-electron chi connectivity index (χ0n) is 9.02. The Kier molecular flexibility index (Phi) is 3.75. The lowest BCUT2D eigenvalue weighted by molar-refractivity contribution is 0.183. The van der Waals surface area contributed by atoms with Crippen LogP contribution in [0.15, 0.2) is 42.5 Å². The maximum absolute atomic E-state index is 8.64. The van der Waals surface area contributed by atoms with Crippen molar-refractivity contribution in [3.63, 3.8) is 0 Å². The van der Waals surface area contributed by atoms with Crippen LogP contribution in [0, 0.1) is 0 Å². The summed E-state index contributed by atoms with van der Waals surface area (Å²) in [5.74, 6) is 0.816. The Morgan fingerprint density at radius 3 is 2.75 bits per heavy atom. The van der Waals surface area contributed by atoms with Gasteiger partial charge >= 0.3 is 0 Å². The molecule has 2 aromatic rings. The van der Waals surface area contributed by atoms with Gasteiger partial charge in [0.15, 0.2) is 5.75 Å². The van der Waals surface area contributed by atoms with Gasteiger partial charge in [-0.3, -0.25) is 0 Å². The fourth-order valence-corrected chi connectivity index (χ4v) is 1.56. The van der Waals surface area contributed by atoms with Crippen LogP contribution in [0.5, 0.6) is 5.75 Å². The minimum absolute atomic E-state index is 0.173. The molecule has 0 atom stereocenters. The van der Waals surface area contributed by atoms with E-state index in [9.17, 15) is 0 Å². The minimum atomic E-state index is 0.173. The smallest absolute Gasteiger partial charge is 0.154 e. The summed E-state index contributed by atoms with van der Waals surface area (Å²) in [6, 6.07) is 14.0. The molecule has 0 heterocycles. The zero-order valence-corrected chi connectivity index (χ0v) is 9.02. The van der Waals surface area contributed by atoms with Crippen LogP contribution in [0.1, 0.15) is 6.42 Å². The highest BCUT2D eigenvalue weighted by atomic mass is 16.6. The van der Waals surface area contributed by atoms with Gasteiger partial charge < -0.3 is 9.94 Å². The van der Waals surface area contributed by atoms with Crippen LogP contribution in [0.4, 0.5) is 0 Å². The molecule has 2 rings (SSSR count). The number of aliphatic hydroxyl groups excluding tert-OH is 1. The van der Waals surface area contributed by atoms with Gasteiger partial charge in [-0.2, -0.15) is 5.48 Å². The molecule has 2 aromatic carbocycles.